The van der Waals surface area contributed by atoms with Gasteiger partial charge in [-0.05, 0) is 68.5 Å². The third kappa shape index (κ3) is 3.39. The van der Waals surface area contributed by atoms with E-state index in [0.29, 0.717) is 12.5 Å². The Bertz CT molecular complexity index is 1320. The summed E-state index contributed by atoms with van der Waals surface area (Å²) in [6.07, 6.45) is 2.55. The van der Waals surface area contributed by atoms with Crippen LogP contribution in [-0.2, 0) is 19.4 Å². The van der Waals surface area contributed by atoms with E-state index in [9.17, 15) is 9.18 Å². The maximum absolute atomic E-state index is 13.4. The van der Waals surface area contributed by atoms with E-state index in [1.165, 1.54) is 12.1 Å². The summed E-state index contributed by atoms with van der Waals surface area (Å²) in [5, 5.41) is 4.42. The molecule has 5 nitrogen and oxygen atoms in total. The van der Waals surface area contributed by atoms with Gasteiger partial charge in [0.25, 0.3) is 5.56 Å². The van der Waals surface area contributed by atoms with Crippen LogP contribution >= 0.6 is 11.3 Å². The molecule has 0 spiro atoms. The molecule has 2 aromatic carbocycles. The van der Waals surface area contributed by atoms with Crippen molar-refractivity contribution < 1.29 is 4.39 Å². The van der Waals surface area contributed by atoms with Crippen molar-refractivity contribution in [1.29, 1.82) is 0 Å². The fourth-order valence-corrected chi connectivity index (χ4v) is 4.94. The van der Waals surface area contributed by atoms with E-state index in [1.807, 2.05) is 13.8 Å². The van der Waals surface area contributed by atoms with Crippen molar-refractivity contribution >= 4 is 33.2 Å². The number of hydrogen-bond acceptors (Lipinski definition) is 5. The van der Waals surface area contributed by atoms with Crippen LogP contribution in [0.3, 0.4) is 0 Å². The zero-order valence-corrected chi connectivity index (χ0v) is 17.6. The van der Waals surface area contributed by atoms with Crippen LogP contribution in [0.1, 0.15) is 33.8 Å². The summed E-state index contributed by atoms with van der Waals surface area (Å²) in [5.74, 6) is 0.262. The molecule has 0 amide bonds. The molecule has 7 heteroatoms. The van der Waals surface area contributed by atoms with E-state index >= 15 is 0 Å². The minimum Gasteiger partial charge on any atom is -0.325 e. The van der Waals surface area contributed by atoms with Gasteiger partial charge >= 0.3 is 0 Å². The van der Waals surface area contributed by atoms with Crippen molar-refractivity contribution in [2.24, 2.45) is 0 Å². The van der Waals surface area contributed by atoms with Gasteiger partial charge < -0.3 is 9.88 Å². The maximum Gasteiger partial charge on any atom is 0.277 e. The third-order valence-corrected chi connectivity index (χ3v) is 6.51. The lowest BCUT2D eigenvalue weighted by atomic mass is 10.2. The van der Waals surface area contributed by atoms with Crippen LogP contribution in [0.25, 0.3) is 10.2 Å². The van der Waals surface area contributed by atoms with Crippen LogP contribution in [0.5, 0.6) is 0 Å². The van der Waals surface area contributed by atoms with E-state index in [2.05, 4.69) is 32.0 Å². The largest absolute Gasteiger partial charge is 0.325 e. The number of aryl methyl sites for hydroxylation is 2. The van der Waals surface area contributed by atoms with Crippen molar-refractivity contribution in [1.82, 2.24) is 14.5 Å². The number of anilines is 2. The number of benzene rings is 2. The van der Waals surface area contributed by atoms with Crippen molar-refractivity contribution in [2.45, 2.75) is 39.7 Å². The summed E-state index contributed by atoms with van der Waals surface area (Å²) in [7, 11) is 0. The summed E-state index contributed by atoms with van der Waals surface area (Å²) in [4.78, 5) is 21.6. The van der Waals surface area contributed by atoms with Gasteiger partial charge in [0, 0.05) is 16.9 Å². The van der Waals surface area contributed by atoms with Crippen LogP contribution in [0, 0.1) is 19.7 Å². The quantitative estimate of drug-likeness (QED) is 0.511. The predicted octanol–water partition coefficient (Wildman–Crippen LogP) is 4.89. The monoisotopic (exact) mass is 420 g/mol. The highest BCUT2D eigenvalue weighted by molar-refractivity contribution is 7.18. The first-order valence-electron chi connectivity index (χ1n) is 10.00. The molecule has 0 saturated heterocycles. The minimum absolute atomic E-state index is 0.160. The second-order valence-corrected chi connectivity index (χ2v) is 8.96. The molecule has 0 saturated carbocycles. The first-order valence-corrected chi connectivity index (χ1v) is 10.8. The van der Waals surface area contributed by atoms with Gasteiger partial charge in [-0.15, -0.1) is 11.3 Å². The zero-order valence-electron chi connectivity index (χ0n) is 16.8. The van der Waals surface area contributed by atoms with Crippen molar-refractivity contribution in [3.8, 4) is 0 Å². The van der Waals surface area contributed by atoms with Gasteiger partial charge in [0.1, 0.15) is 5.82 Å². The Labute approximate surface area is 177 Å². The molecule has 0 atom stereocenters. The molecule has 0 radical (unpaired) electrons. The summed E-state index contributed by atoms with van der Waals surface area (Å²) in [5.41, 5.74) is 5.55. The molecule has 0 aliphatic heterocycles. The number of nitrogens with one attached hydrogen (secondary N) is 1. The molecule has 30 heavy (non-hydrogen) atoms. The smallest absolute Gasteiger partial charge is 0.277 e. The van der Waals surface area contributed by atoms with Crippen molar-refractivity contribution in [2.75, 3.05) is 5.32 Å². The zero-order chi connectivity index (χ0) is 20.8. The normalized spacial score (nSPS) is 13.0. The Morgan fingerprint density at radius 3 is 2.73 bits per heavy atom. The topological polar surface area (TPSA) is 59.8 Å². The molecule has 152 valence electrons. The number of nitrogens with zero attached hydrogens (tertiary/aromatic N) is 3. The lowest BCUT2D eigenvalue weighted by Gasteiger charge is -2.19. The highest BCUT2D eigenvalue weighted by atomic mass is 32.1. The van der Waals surface area contributed by atoms with Crippen LogP contribution in [-0.4, -0.2) is 14.5 Å². The lowest BCUT2D eigenvalue weighted by molar-refractivity contribution is 0.625. The molecular formula is C23H21FN4OS. The van der Waals surface area contributed by atoms with Gasteiger partial charge in [0.05, 0.1) is 21.8 Å². The van der Waals surface area contributed by atoms with Gasteiger partial charge in [-0.2, -0.15) is 4.98 Å². The Balaban J connectivity index is 1.61. The summed E-state index contributed by atoms with van der Waals surface area (Å²) in [6, 6.07) is 10.6. The van der Waals surface area contributed by atoms with Gasteiger partial charge in [-0.25, -0.2) is 9.37 Å². The SMILES string of the molecule is Cc1nc2cc(C)c(Nc3nc(=O)c4c(n3Cc3ccc(F)cc3)CCC4)cc2s1. The number of fused-ring (bicyclic) bond motifs is 2. The fourth-order valence-electron chi connectivity index (χ4n) is 4.09. The van der Waals surface area contributed by atoms with E-state index in [4.69, 9.17) is 0 Å². The van der Waals surface area contributed by atoms with Gasteiger partial charge in [0.15, 0.2) is 0 Å². The van der Waals surface area contributed by atoms with E-state index < -0.39 is 0 Å². The Morgan fingerprint density at radius 1 is 1.13 bits per heavy atom. The van der Waals surface area contributed by atoms with Gasteiger partial charge in [-0.3, -0.25) is 4.79 Å². The number of rotatable bonds is 4. The number of thiazole rings is 1. The maximum atomic E-state index is 13.4. The summed E-state index contributed by atoms with van der Waals surface area (Å²) < 4.78 is 16.5. The van der Waals surface area contributed by atoms with Crippen molar-refractivity contribution in [3.05, 3.63) is 80.0 Å². The molecule has 1 aliphatic carbocycles. The molecule has 2 aromatic heterocycles. The second-order valence-electron chi connectivity index (χ2n) is 7.72. The molecule has 0 fully saturated rings. The molecule has 1 N–H and O–H groups in total. The fraction of sp³-hybridized carbons (Fsp3) is 0.261. The number of halogens is 1. The third-order valence-electron chi connectivity index (χ3n) is 5.58. The highest BCUT2D eigenvalue weighted by Crippen LogP contribution is 2.30. The summed E-state index contributed by atoms with van der Waals surface area (Å²) >= 11 is 1.64. The van der Waals surface area contributed by atoms with Crippen LogP contribution in [0.2, 0.25) is 0 Å². The molecule has 2 heterocycles. The van der Waals surface area contributed by atoms with Crippen LogP contribution in [0.4, 0.5) is 16.0 Å². The molecule has 1 aliphatic rings. The molecule has 4 aromatic rings. The average Bonchev–Trinajstić information content (AvgIpc) is 3.33. The van der Waals surface area contributed by atoms with Gasteiger partial charge in [-0.1, -0.05) is 12.1 Å². The summed E-state index contributed by atoms with van der Waals surface area (Å²) in [6.45, 7) is 4.54. The predicted molar refractivity (Wildman–Crippen MR) is 118 cm³/mol. The van der Waals surface area contributed by atoms with E-state index in [0.717, 1.165) is 62.6 Å². The van der Waals surface area contributed by atoms with Crippen molar-refractivity contribution in [3.63, 3.8) is 0 Å². The molecular weight excluding hydrogens is 399 g/mol. The highest BCUT2D eigenvalue weighted by Gasteiger charge is 2.22. The Kier molecular flexibility index (Phi) is 4.62. The Hall–Kier alpha value is -3.06. The average molecular weight is 421 g/mol. The van der Waals surface area contributed by atoms with E-state index in [1.54, 1.807) is 23.5 Å². The first kappa shape index (κ1) is 18.9. The molecule has 0 unspecified atom stereocenters. The van der Waals surface area contributed by atoms with E-state index in [-0.39, 0.29) is 11.4 Å². The minimum atomic E-state index is -0.260. The number of aromatic nitrogens is 3. The first-order chi connectivity index (χ1) is 14.5. The van der Waals surface area contributed by atoms with Crippen LogP contribution < -0.4 is 10.9 Å². The van der Waals surface area contributed by atoms with Gasteiger partial charge in [0.2, 0.25) is 5.95 Å². The lowest BCUT2D eigenvalue weighted by Crippen LogP contribution is -2.23. The number of hydrogen-bond donors (Lipinski definition) is 1. The second kappa shape index (κ2) is 7.32. The van der Waals surface area contributed by atoms with Crippen LogP contribution in [0.15, 0.2) is 41.2 Å². The molecule has 0 bridgehead atoms. The standard InChI is InChI=1S/C23H21FN4OS/c1-13-10-19-21(30-14(2)25-19)11-18(13)26-23-27-22(29)17-4-3-5-20(17)28(23)12-15-6-8-16(24)9-7-15/h6-11H,3-5,12H2,1-2H3,(H,26,27,29). The Morgan fingerprint density at radius 2 is 1.93 bits per heavy atom. The molecule has 5 rings (SSSR count).